The van der Waals surface area contributed by atoms with Gasteiger partial charge in [0.15, 0.2) is 0 Å². The highest BCUT2D eigenvalue weighted by Crippen LogP contribution is 2.25. The molecule has 0 spiro atoms. The smallest absolute Gasteiger partial charge is 0.307 e. The molecule has 0 bridgehead atoms. The largest absolute Gasteiger partial charge is 0.489 e. The standard InChI is InChI=1S/C21H24ClNO3/c1-15-9-18(21(24)25)13-23(11-15)12-16-5-4-7-19(10-16)26-14-17-6-2-3-8-20(17)22/h2-8,10,15,18H,9,11-14H2,1H3,(H,24,25). The SMILES string of the molecule is CC1CC(C(=O)O)CN(Cc2cccc(OCc3ccccc3Cl)c2)C1. The van der Waals surface area contributed by atoms with Gasteiger partial charge in [-0.15, -0.1) is 0 Å². The first-order chi connectivity index (χ1) is 12.5. The Bertz CT molecular complexity index is 764. The van der Waals surface area contributed by atoms with Crippen LogP contribution in [0.5, 0.6) is 5.75 Å². The Morgan fingerprint density at radius 2 is 2.04 bits per heavy atom. The summed E-state index contributed by atoms with van der Waals surface area (Å²) in [4.78, 5) is 13.6. The highest BCUT2D eigenvalue weighted by Gasteiger charge is 2.29. The highest BCUT2D eigenvalue weighted by molar-refractivity contribution is 6.31. The minimum absolute atomic E-state index is 0.279. The molecule has 2 aromatic carbocycles. The second-order valence-corrected chi connectivity index (χ2v) is 7.50. The van der Waals surface area contributed by atoms with Gasteiger partial charge in [0.1, 0.15) is 12.4 Å². The molecule has 0 aromatic heterocycles. The van der Waals surface area contributed by atoms with Crippen molar-refractivity contribution in [3.05, 3.63) is 64.7 Å². The van der Waals surface area contributed by atoms with Crippen LogP contribution in [0.4, 0.5) is 0 Å². The predicted octanol–water partition coefficient (Wildman–Crippen LogP) is 4.46. The topological polar surface area (TPSA) is 49.8 Å². The van der Waals surface area contributed by atoms with Gasteiger partial charge in [-0.05, 0) is 36.1 Å². The lowest BCUT2D eigenvalue weighted by molar-refractivity contribution is -0.144. The molecule has 1 heterocycles. The number of benzene rings is 2. The lowest BCUT2D eigenvalue weighted by Gasteiger charge is -2.34. The Labute approximate surface area is 159 Å². The first-order valence-electron chi connectivity index (χ1n) is 8.91. The fourth-order valence-electron chi connectivity index (χ4n) is 3.54. The third-order valence-corrected chi connectivity index (χ3v) is 5.11. The summed E-state index contributed by atoms with van der Waals surface area (Å²) in [5, 5.41) is 10.0. The Morgan fingerprint density at radius 1 is 1.23 bits per heavy atom. The average Bonchev–Trinajstić information content (AvgIpc) is 2.61. The first-order valence-corrected chi connectivity index (χ1v) is 9.29. The third-order valence-electron chi connectivity index (χ3n) is 4.74. The van der Waals surface area contributed by atoms with Crippen molar-refractivity contribution in [1.82, 2.24) is 4.90 Å². The van der Waals surface area contributed by atoms with Gasteiger partial charge in [-0.25, -0.2) is 0 Å². The maximum absolute atomic E-state index is 11.3. The van der Waals surface area contributed by atoms with Crippen molar-refractivity contribution in [1.29, 1.82) is 0 Å². The van der Waals surface area contributed by atoms with Crippen LogP contribution >= 0.6 is 11.6 Å². The van der Waals surface area contributed by atoms with Crippen LogP contribution in [0.1, 0.15) is 24.5 Å². The van der Waals surface area contributed by atoms with Crippen molar-refractivity contribution in [2.45, 2.75) is 26.5 Å². The summed E-state index contributed by atoms with van der Waals surface area (Å²) in [6, 6.07) is 15.6. The van der Waals surface area contributed by atoms with Crippen LogP contribution in [-0.2, 0) is 17.9 Å². The molecule has 1 N–H and O–H groups in total. The van der Waals surface area contributed by atoms with Crippen LogP contribution in [0, 0.1) is 11.8 Å². The molecule has 0 amide bonds. The molecule has 0 radical (unpaired) electrons. The van der Waals surface area contributed by atoms with E-state index < -0.39 is 5.97 Å². The number of aliphatic carboxylic acids is 1. The van der Waals surface area contributed by atoms with Crippen molar-refractivity contribution < 1.29 is 14.6 Å². The number of halogens is 1. The van der Waals surface area contributed by atoms with E-state index in [1.807, 2.05) is 42.5 Å². The summed E-state index contributed by atoms with van der Waals surface area (Å²) in [7, 11) is 0. The van der Waals surface area contributed by atoms with Gasteiger partial charge in [-0.1, -0.05) is 48.9 Å². The van der Waals surface area contributed by atoms with Gasteiger partial charge in [0.2, 0.25) is 0 Å². The van der Waals surface area contributed by atoms with E-state index in [-0.39, 0.29) is 5.92 Å². The van der Waals surface area contributed by atoms with Gasteiger partial charge in [-0.3, -0.25) is 9.69 Å². The molecule has 5 heteroatoms. The van der Waals surface area contributed by atoms with Crippen LogP contribution in [0.3, 0.4) is 0 Å². The fraction of sp³-hybridized carbons (Fsp3) is 0.381. The summed E-state index contributed by atoms with van der Waals surface area (Å²) < 4.78 is 5.89. The van der Waals surface area contributed by atoms with E-state index in [0.717, 1.165) is 36.4 Å². The summed E-state index contributed by atoms with van der Waals surface area (Å²) in [6.07, 6.45) is 0.757. The van der Waals surface area contributed by atoms with E-state index in [4.69, 9.17) is 16.3 Å². The van der Waals surface area contributed by atoms with Crippen LogP contribution in [0.15, 0.2) is 48.5 Å². The van der Waals surface area contributed by atoms with Gasteiger partial charge in [0, 0.05) is 30.2 Å². The quantitative estimate of drug-likeness (QED) is 0.812. The normalized spacial score (nSPS) is 20.7. The van der Waals surface area contributed by atoms with Gasteiger partial charge in [0.25, 0.3) is 0 Å². The summed E-state index contributed by atoms with van der Waals surface area (Å²) >= 11 is 6.17. The molecule has 2 aromatic rings. The zero-order valence-electron chi connectivity index (χ0n) is 14.9. The lowest BCUT2D eigenvalue weighted by Crippen LogP contribution is -2.41. The van der Waals surface area contributed by atoms with E-state index in [1.54, 1.807) is 0 Å². The predicted molar refractivity (Wildman–Crippen MR) is 102 cm³/mol. The maximum atomic E-state index is 11.3. The molecule has 26 heavy (non-hydrogen) atoms. The fourth-order valence-corrected chi connectivity index (χ4v) is 3.73. The summed E-state index contributed by atoms with van der Waals surface area (Å²) in [5.41, 5.74) is 2.08. The van der Waals surface area contributed by atoms with E-state index in [9.17, 15) is 9.90 Å². The number of likely N-dealkylation sites (tertiary alicyclic amines) is 1. The minimum Gasteiger partial charge on any atom is -0.489 e. The van der Waals surface area contributed by atoms with Crippen molar-refractivity contribution >= 4 is 17.6 Å². The molecule has 1 saturated heterocycles. The number of ether oxygens (including phenoxy) is 1. The molecule has 2 atom stereocenters. The number of piperidine rings is 1. The lowest BCUT2D eigenvalue weighted by atomic mass is 9.90. The second kappa shape index (κ2) is 8.56. The number of carbonyl (C=O) groups is 1. The highest BCUT2D eigenvalue weighted by atomic mass is 35.5. The Hall–Kier alpha value is -2.04. The minimum atomic E-state index is -0.696. The van der Waals surface area contributed by atoms with Crippen molar-refractivity contribution in [3.8, 4) is 5.75 Å². The molecule has 4 nitrogen and oxygen atoms in total. The van der Waals surface area contributed by atoms with E-state index in [2.05, 4.69) is 17.9 Å². The second-order valence-electron chi connectivity index (χ2n) is 7.10. The number of rotatable bonds is 6. The maximum Gasteiger partial charge on any atom is 0.307 e. The van der Waals surface area contributed by atoms with Gasteiger partial charge in [0.05, 0.1) is 5.92 Å². The molecular formula is C21H24ClNO3. The van der Waals surface area contributed by atoms with Gasteiger partial charge >= 0.3 is 5.97 Å². The number of hydrogen-bond acceptors (Lipinski definition) is 3. The Morgan fingerprint density at radius 3 is 2.81 bits per heavy atom. The van der Waals surface area contributed by atoms with Gasteiger partial charge < -0.3 is 9.84 Å². The van der Waals surface area contributed by atoms with Crippen molar-refractivity contribution in [2.75, 3.05) is 13.1 Å². The molecule has 1 fully saturated rings. The van der Waals surface area contributed by atoms with E-state index >= 15 is 0 Å². The van der Waals surface area contributed by atoms with Crippen molar-refractivity contribution in [2.24, 2.45) is 11.8 Å². The number of carboxylic acids is 1. The molecule has 3 rings (SSSR count). The zero-order valence-corrected chi connectivity index (χ0v) is 15.7. The van der Waals surface area contributed by atoms with Gasteiger partial charge in [-0.2, -0.15) is 0 Å². The Kier molecular flexibility index (Phi) is 6.17. The molecule has 0 saturated carbocycles. The zero-order chi connectivity index (χ0) is 18.5. The van der Waals surface area contributed by atoms with E-state index in [1.165, 1.54) is 0 Å². The monoisotopic (exact) mass is 373 g/mol. The molecule has 1 aliphatic heterocycles. The molecular weight excluding hydrogens is 350 g/mol. The summed E-state index contributed by atoms with van der Waals surface area (Å²) in [6.45, 7) is 4.80. The van der Waals surface area contributed by atoms with Crippen LogP contribution in [-0.4, -0.2) is 29.1 Å². The average molecular weight is 374 g/mol. The number of carboxylic acid groups (broad SMARTS) is 1. The van der Waals surface area contributed by atoms with Crippen LogP contribution < -0.4 is 4.74 Å². The first kappa shape index (κ1) is 18.7. The molecule has 1 aliphatic rings. The molecule has 2 unspecified atom stereocenters. The Balaban J connectivity index is 1.62. The van der Waals surface area contributed by atoms with Crippen LogP contribution in [0.2, 0.25) is 5.02 Å². The molecule has 138 valence electrons. The summed E-state index contributed by atoms with van der Waals surface area (Å²) in [5.74, 6) is 0.212. The number of hydrogen-bond donors (Lipinski definition) is 1. The van der Waals surface area contributed by atoms with Crippen molar-refractivity contribution in [3.63, 3.8) is 0 Å². The molecule has 0 aliphatic carbocycles. The van der Waals surface area contributed by atoms with Crippen LogP contribution in [0.25, 0.3) is 0 Å². The third kappa shape index (κ3) is 4.99. The van der Waals surface area contributed by atoms with E-state index in [0.29, 0.717) is 24.1 Å². The number of nitrogens with zero attached hydrogens (tertiary/aromatic N) is 1.